The normalized spacial score (nSPS) is 10.4. The number of hydrogen-bond donors (Lipinski definition) is 2. The summed E-state index contributed by atoms with van der Waals surface area (Å²) in [5.41, 5.74) is 0.333. The summed E-state index contributed by atoms with van der Waals surface area (Å²) in [6.07, 6.45) is 0. The molecule has 3 aromatic rings. The highest BCUT2D eigenvalue weighted by Gasteiger charge is 2.15. The predicted octanol–water partition coefficient (Wildman–Crippen LogP) is 4.06. The molecule has 11 heteroatoms. The Morgan fingerprint density at radius 3 is 2.70 bits per heavy atom. The van der Waals surface area contributed by atoms with Crippen molar-refractivity contribution in [3.8, 4) is 0 Å². The maximum atomic E-state index is 13.3. The fourth-order valence-electron chi connectivity index (χ4n) is 2.02. The minimum absolute atomic E-state index is 0.0329. The number of para-hydroxylation sites is 1. The van der Waals surface area contributed by atoms with Crippen molar-refractivity contribution < 1.29 is 14.1 Å². The number of anilines is 3. The third kappa shape index (κ3) is 5.21. The zero-order chi connectivity index (χ0) is 19.2. The molecule has 0 atom stereocenters. The number of aromatic nitrogens is 2. The molecule has 0 radical (unpaired) electrons. The SMILES string of the molecule is O=C(CSc1nnc(Nc2ccccc2)s1)Nc1ccc(F)c([N+](=O)[O-])c1. The first-order valence-electron chi connectivity index (χ1n) is 7.53. The minimum Gasteiger partial charge on any atom is -0.330 e. The van der Waals surface area contributed by atoms with Crippen LogP contribution in [-0.2, 0) is 4.79 Å². The Balaban J connectivity index is 1.54. The van der Waals surface area contributed by atoms with Gasteiger partial charge in [-0.05, 0) is 24.3 Å². The molecule has 0 saturated heterocycles. The van der Waals surface area contributed by atoms with Crippen LogP contribution in [0.2, 0.25) is 0 Å². The van der Waals surface area contributed by atoms with Crippen LogP contribution in [0.3, 0.4) is 0 Å². The maximum Gasteiger partial charge on any atom is 0.306 e. The second-order valence-corrected chi connectivity index (χ2v) is 7.32. The molecule has 0 bridgehead atoms. The molecule has 138 valence electrons. The monoisotopic (exact) mass is 405 g/mol. The van der Waals surface area contributed by atoms with E-state index in [1.807, 2.05) is 30.3 Å². The molecule has 0 unspecified atom stereocenters. The summed E-state index contributed by atoms with van der Waals surface area (Å²) in [5, 5.41) is 24.9. The Morgan fingerprint density at radius 2 is 1.96 bits per heavy atom. The third-order valence-corrected chi connectivity index (χ3v) is 5.16. The second kappa shape index (κ2) is 8.56. The van der Waals surface area contributed by atoms with Gasteiger partial charge in [0.1, 0.15) is 0 Å². The lowest BCUT2D eigenvalue weighted by Gasteiger charge is -2.04. The van der Waals surface area contributed by atoms with Crippen LogP contribution >= 0.6 is 23.1 Å². The number of nitrogens with one attached hydrogen (secondary N) is 2. The van der Waals surface area contributed by atoms with E-state index in [-0.39, 0.29) is 11.4 Å². The smallest absolute Gasteiger partial charge is 0.306 e. The molecule has 2 aromatic carbocycles. The standard InChI is InChI=1S/C16H12FN5O3S2/c17-12-7-6-11(8-13(12)22(24)25)18-14(23)9-26-16-21-20-15(27-16)19-10-4-2-1-3-5-10/h1-8H,9H2,(H,18,23)(H,19,20). The van der Waals surface area contributed by atoms with Crippen molar-refractivity contribution in [1.82, 2.24) is 10.2 Å². The average Bonchev–Trinajstić information content (AvgIpc) is 3.09. The lowest BCUT2D eigenvalue weighted by atomic mass is 10.2. The number of nitro benzene ring substituents is 1. The molecule has 0 saturated carbocycles. The van der Waals surface area contributed by atoms with Gasteiger partial charge >= 0.3 is 5.69 Å². The van der Waals surface area contributed by atoms with Gasteiger partial charge in [-0.3, -0.25) is 14.9 Å². The number of hydrogen-bond acceptors (Lipinski definition) is 8. The van der Waals surface area contributed by atoms with Gasteiger partial charge < -0.3 is 10.6 Å². The molecule has 0 aliphatic rings. The number of rotatable bonds is 7. The van der Waals surface area contributed by atoms with Crippen molar-refractivity contribution in [3.63, 3.8) is 0 Å². The van der Waals surface area contributed by atoms with Gasteiger partial charge in [0.05, 0.1) is 10.7 Å². The summed E-state index contributed by atoms with van der Waals surface area (Å²) in [4.78, 5) is 21.9. The minimum atomic E-state index is -0.959. The quantitative estimate of drug-likeness (QED) is 0.346. The molecule has 0 aliphatic carbocycles. The summed E-state index contributed by atoms with van der Waals surface area (Å²) in [6, 6.07) is 12.6. The Morgan fingerprint density at radius 1 is 1.19 bits per heavy atom. The summed E-state index contributed by atoms with van der Waals surface area (Å²) in [6.45, 7) is 0. The third-order valence-electron chi connectivity index (χ3n) is 3.18. The van der Waals surface area contributed by atoms with Crippen molar-refractivity contribution >= 4 is 51.2 Å². The van der Waals surface area contributed by atoms with Gasteiger partial charge in [0.2, 0.25) is 16.9 Å². The largest absolute Gasteiger partial charge is 0.330 e. The Kier molecular flexibility index (Phi) is 5.94. The lowest BCUT2D eigenvalue weighted by Crippen LogP contribution is -2.14. The molecule has 0 spiro atoms. The zero-order valence-corrected chi connectivity index (χ0v) is 15.2. The maximum absolute atomic E-state index is 13.3. The molecule has 27 heavy (non-hydrogen) atoms. The van der Waals surface area contributed by atoms with E-state index in [1.54, 1.807) is 0 Å². The molecule has 1 amide bonds. The van der Waals surface area contributed by atoms with Gasteiger partial charge in [0.25, 0.3) is 0 Å². The summed E-state index contributed by atoms with van der Waals surface area (Å²) in [5.74, 6) is -1.32. The van der Waals surface area contributed by atoms with Crippen LogP contribution in [0, 0.1) is 15.9 Å². The first-order chi connectivity index (χ1) is 13.0. The molecule has 3 rings (SSSR count). The number of nitro groups is 1. The topological polar surface area (TPSA) is 110 Å². The second-order valence-electron chi connectivity index (χ2n) is 5.12. The van der Waals surface area contributed by atoms with Crippen molar-refractivity contribution in [2.24, 2.45) is 0 Å². The molecule has 1 aromatic heterocycles. The highest BCUT2D eigenvalue weighted by atomic mass is 32.2. The number of thioether (sulfide) groups is 1. The number of nitrogens with zero attached hydrogens (tertiary/aromatic N) is 3. The van der Waals surface area contributed by atoms with Crippen molar-refractivity contribution in [3.05, 3.63) is 64.5 Å². The van der Waals surface area contributed by atoms with Crippen LogP contribution in [0.15, 0.2) is 52.9 Å². The fourth-order valence-corrected chi connectivity index (χ4v) is 3.59. The van der Waals surface area contributed by atoms with E-state index in [0.717, 1.165) is 17.8 Å². The van der Waals surface area contributed by atoms with E-state index in [1.165, 1.54) is 29.2 Å². The number of amides is 1. The fraction of sp³-hybridized carbons (Fsp3) is 0.0625. The first-order valence-corrected chi connectivity index (χ1v) is 9.33. The lowest BCUT2D eigenvalue weighted by molar-refractivity contribution is -0.387. The zero-order valence-electron chi connectivity index (χ0n) is 13.6. The molecule has 8 nitrogen and oxygen atoms in total. The molecule has 1 heterocycles. The number of carbonyl (C=O) groups is 1. The van der Waals surface area contributed by atoms with E-state index >= 15 is 0 Å². The van der Waals surface area contributed by atoms with Crippen LogP contribution < -0.4 is 10.6 Å². The molecule has 0 aliphatic heterocycles. The van der Waals surface area contributed by atoms with Gasteiger partial charge in [-0.25, -0.2) is 0 Å². The average molecular weight is 405 g/mol. The van der Waals surface area contributed by atoms with E-state index in [0.29, 0.717) is 9.47 Å². The Labute approximate surface area is 161 Å². The van der Waals surface area contributed by atoms with Crippen molar-refractivity contribution in [2.45, 2.75) is 4.34 Å². The molecule has 0 fully saturated rings. The van der Waals surface area contributed by atoms with E-state index < -0.39 is 22.3 Å². The van der Waals surface area contributed by atoms with Gasteiger partial charge in [-0.15, -0.1) is 10.2 Å². The van der Waals surface area contributed by atoms with Crippen LogP contribution in [0.25, 0.3) is 0 Å². The first kappa shape index (κ1) is 18.7. The van der Waals surface area contributed by atoms with Gasteiger partial charge in [0.15, 0.2) is 4.34 Å². The van der Waals surface area contributed by atoms with Crippen molar-refractivity contribution in [1.29, 1.82) is 0 Å². The van der Waals surface area contributed by atoms with Crippen molar-refractivity contribution in [2.75, 3.05) is 16.4 Å². The van der Waals surface area contributed by atoms with E-state index in [2.05, 4.69) is 20.8 Å². The van der Waals surface area contributed by atoms with Crippen LogP contribution in [-0.4, -0.2) is 26.8 Å². The Hall–Kier alpha value is -3.05. The van der Waals surface area contributed by atoms with Gasteiger partial charge in [-0.2, -0.15) is 4.39 Å². The summed E-state index contributed by atoms with van der Waals surface area (Å²) < 4.78 is 13.9. The van der Waals surface area contributed by atoms with Gasteiger partial charge in [0, 0.05) is 17.4 Å². The molecule has 2 N–H and O–H groups in total. The Bertz CT molecular complexity index is 968. The number of benzene rings is 2. The molecular formula is C16H12FN5O3S2. The van der Waals surface area contributed by atoms with E-state index in [9.17, 15) is 19.3 Å². The number of halogens is 1. The predicted molar refractivity (Wildman–Crippen MR) is 102 cm³/mol. The van der Waals surface area contributed by atoms with Gasteiger partial charge in [-0.1, -0.05) is 41.3 Å². The van der Waals surface area contributed by atoms with Crippen LogP contribution in [0.4, 0.5) is 26.6 Å². The van der Waals surface area contributed by atoms with Crippen LogP contribution in [0.1, 0.15) is 0 Å². The summed E-state index contributed by atoms with van der Waals surface area (Å²) >= 11 is 2.47. The molecular weight excluding hydrogens is 393 g/mol. The van der Waals surface area contributed by atoms with E-state index in [4.69, 9.17) is 0 Å². The highest BCUT2D eigenvalue weighted by Crippen LogP contribution is 2.28. The number of carbonyl (C=O) groups excluding carboxylic acids is 1. The summed E-state index contributed by atoms with van der Waals surface area (Å²) in [7, 11) is 0. The highest BCUT2D eigenvalue weighted by molar-refractivity contribution is 8.01. The van der Waals surface area contributed by atoms with Crippen LogP contribution in [0.5, 0.6) is 0 Å².